The van der Waals surface area contributed by atoms with Gasteiger partial charge in [-0.15, -0.1) is 0 Å². The largest absolute Gasteiger partial charge is 0.310 e. The number of hydrogen-bond donors (Lipinski definition) is 0. The zero-order valence-corrected chi connectivity index (χ0v) is 37.5. The molecule has 1 saturated carbocycles. The summed E-state index contributed by atoms with van der Waals surface area (Å²) < 4.78 is 0. The molecule has 1 spiro atoms. The van der Waals surface area contributed by atoms with E-state index in [9.17, 15) is 0 Å². The summed E-state index contributed by atoms with van der Waals surface area (Å²) in [5.41, 5.74) is 20.7. The van der Waals surface area contributed by atoms with Crippen LogP contribution < -0.4 is 9.80 Å². The van der Waals surface area contributed by atoms with Gasteiger partial charge in [-0.3, -0.25) is 0 Å². The highest BCUT2D eigenvalue weighted by molar-refractivity contribution is 5.98. The predicted molar refractivity (Wildman–Crippen MR) is 281 cm³/mol. The maximum absolute atomic E-state index is 2.51. The van der Waals surface area contributed by atoms with Crippen LogP contribution in [0.25, 0.3) is 44.2 Å². The van der Waals surface area contributed by atoms with E-state index in [-0.39, 0.29) is 0 Å². The van der Waals surface area contributed by atoms with Gasteiger partial charge in [0, 0.05) is 34.1 Å². The van der Waals surface area contributed by atoms with Crippen molar-refractivity contribution in [2.45, 2.75) is 43.4 Å². The van der Waals surface area contributed by atoms with Gasteiger partial charge in [0.05, 0.1) is 5.41 Å². The minimum Gasteiger partial charge on any atom is -0.310 e. The number of hydrogen-bond acceptors (Lipinski definition) is 2. The van der Waals surface area contributed by atoms with Gasteiger partial charge < -0.3 is 9.80 Å². The molecule has 2 nitrogen and oxygen atoms in total. The fourth-order valence-electron chi connectivity index (χ4n) is 12.0. The molecule has 0 saturated heterocycles. The van der Waals surface area contributed by atoms with Crippen molar-refractivity contribution >= 4 is 44.9 Å². The smallest absolute Gasteiger partial charge is 0.0727 e. The van der Waals surface area contributed by atoms with E-state index in [1.807, 2.05) is 0 Å². The Morgan fingerprint density at radius 1 is 0.299 bits per heavy atom. The monoisotopic (exact) mass is 858 g/mol. The van der Waals surface area contributed by atoms with Crippen LogP contribution in [-0.2, 0) is 5.41 Å². The van der Waals surface area contributed by atoms with Gasteiger partial charge in [-0.2, -0.15) is 0 Å². The zero-order valence-electron chi connectivity index (χ0n) is 37.5. The number of rotatable bonds is 8. The van der Waals surface area contributed by atoms with E-state index in [2.05, 4.69) is 246 Å². The van der Waals surface area contributed by atoms with Crippen LogP contribution in [0, 0.1) is 0 Å². The average Bonchev–Trinajstić information content (AvgIpc) is 3.87. The SMILES string of the molecule is c1ccc(-c2ccc3ccc(N(c4ccccc4)c4ccc5c(c4)C4(c6ccccc6-c6ccc(N(c7ccccc7)c7ccc(C8CCCCC8)cc7)cc64)c4ccccc4-5)cc3c2)cc1. The highest BCUT2D eigenvalue weighted by atomic mass is 15.1. The van der Waals surface area contributed by atoms with Crippen LogP contribution in [0.5, 0.6) is 0 Å². The van der Waals surface area contributed by atoms with E-state index in [0.29, 0.717) is 5.92 Å². The zero-order chi connectivity index (χ0) is 44.3. The van der Waals surface area contributed by atoms with Crippen LogP contribution in [0.4, 0.5) is 34.1 Å². The first-order chi connectivity index (χ1) is 33.2. The molecule has 0 bridgehead atoms. The Balaban J connectivity index is 1.00. The van der Waals surface area contributed by atoms with Gasteiger partial charge >= 0.3 is 0 Å². The highest BCUT2D eigenvalue weighted by Crippen LogP contribution is 2.64. The van der Waals surface area contributed by atoms with Gasteiger partial charge in [-0.1, -0.05) is 177 Å². The first-order valence-electron chi connectivity index (χ1n) is 24.1. The van der Waals surface area contributed by atoms with E-state index in [0.717, 1.165) is 28.4 Å². The molecular formula is C65H50N2. The van der Waals surface area contributed by atoms with Crippen molar-refractivity contribution in [2.24, 2.45) is 0 Å². The molecule has 320 valence electrons. The standard InChI is InChI=1S/C65H50N2/c1-5-17-45(18-6-1)47-31-34-53(35-32-47)66(51-21-9-3-10-22-51)55-37-39-59-57-25-13-15-27-61(57)65(63(59)43-55)62-28-16-14-26-58(62)60-40-38-56(44-64(60)65)67(52-23-11-4-12-24-52)54-36-33-48-29-30-49(41-50(48)42-54)46-19-7-2-8-20-46/h2-4,7-16,19-45H,1,5-6,17-18H2. The minimum atomic E-state index is -0.548. The summed E-state index contributed by atoms with van der Waals surface area (Å²) in [7, 11) is 0. The van der Waals surface area contributed by atoms with Gasteiger partial charge in [0.1, 0.15) is 0 Å². The van der Waals surface area contributed by atoms with Crippen LogP contribution in [0.1, 0.15) is 65.8 Å². The Morgan fingerprint density at radius 2 is 0.746 bits per heavy atom. The molecule has 67 heavy (non-hydrogen) atoms. The van der Waals surface area contributed by atoms with Gasteiger partial charge in [0.25, 0.3) is 0 Å². The fraction of sp³-hybridized carbons (Fsp3) is 0.108. The molecule has 0 aromatic heterocycles. The topological polar surface area (TPSA) is 6.48 Å². The van der Waals surface area contributed by atoms with Crippen molar-refractivity contribution in [2.75, 3.05) is 9.80 Å². The van der Waals surface area contributed by atoms with Crippen molar-refractivity contribution in [3.8, 4) is 33.4 Å². The van der Waals surface area contributed by atoms with E-state index >= 15 is 0 Å². The van der Waals surface area contributed by atoms with Crippen molar-refractivity contribution in [3.63, 3.8) is 0 Å². The summed E-state index contributed by atoms with van der Waals surface area (Å²) in [5.74, 6) is 0.658. The molecule has 10 aromatic carbocycles. The predicted octanol–water partition coefficient (Wildman–Crippen LogP) is 17.8. The maximum atomic E-state index is 2.51. The number of para-hydroxylation sites is 2. The van der Waals surface area contributed by atoms with E-state index < -0.39 is 5.41 Å². The summed E-state index contributed by atoms with van der Waals surface area (Å²) in [6.07, 6.45) is 6.61. The first-order valence-corrected chi connectivity index (χ1v) is 24.1. The van der Waals surface area contributed by atoms with Crippen LogP contribution in [-0.4, -0.2) is 0 Å². The molecule has 0 amide bonds. The van der Waals surface area contributed by atoms with Crippen molar-refractivity contribution in [1.82, 2.24) is 0 Å². The summed E-state index contributed by atoms with van der Waals surface area (Å²) in [6, 6.07) is 88.5. The fourth-order valence-corrected chi connectivity index (χ4v) is 12.0. The van der Waals surface area contributed by atoms with E-state index in [1.165, 1.54) is 110 Å². The quantitative estimate of drug-likeness (QED) is 0.150. The molecule has 1 unspecified atom stereocenters. The number of benzene rings is 10. The van der Waals surface area contributed by atoms with Crippen LogP contribution in [0.3, 0.4) is 0 Å². The molecule has 3 aliphatic rings. The third-order valence-corrected chi connectivity index (χ3v) is 15.0. The second-order valence-electron chi connectivity index (χ2n) is 18.7. The first kappa shape index (κ1) is 39.4. The molecule has 0 aliphatic heterocycles. The van der Waals surface area contributed by atoms with Crippen molar-refractivity contribution in [1.29, 1.82) is 0 Å². The minimum absolute atomic E-state index is 0.548. The Bertz CT molecular complexity index is 3430. The molecule has 2 heteroatoms. The molecular weight excluding hydrogens is 809 g/mol. The normalized spacial score (nSPS) is 15.8. The lowest BCUT2D eigenvalue weighted by Crippen LogP contribution is -2.26. The lowest BCUT2D eigenvalue weighted by molar-refractivity contribution is 0.443. The summed E-state index contributed by atoms with van der Waals surface area (Å²) >= 11 is 0. The summed E-state index contributed by atoms with van der Waals surface area (Å²) in [6.45, 7) is 0. The molecule has 0 heterocycles. The second-order valence-corrected chi connectivity index (χ2v) is 18.7. The number of fused-ring (bicyclic) bond motifs is 11. The van der Waals surface area contributed by atoms with Crippen molar-refractivity contribution in [3.05, 3.63) is 264 Å². The molecule has 1 fully saturated rings. The number of anilines is 6. The molecule has 0 N–H and O–H groups in total. The lowest BCUT2D eigenvalue weighted by atomic mass is 9.70. The maximum Gasteiger partial charge on any atom is 0.0727 e. The van der Waals surface area contributed by atoms with Crippen LogP contribution >= 0.6 is 0 Å². The Labute approximate surface area is 394 Å². The third-order valence-electron chi connectivity index (χ3n) is 15.0. The molecule has 13 rings (SSSR count). The molecule has 10 aromatic rings. The molecule has 3 aliphatic carbocycles. The van der Waals surface area contributed by atoms with E-state index in [4.69, 9.17) is 0 Å². The van der Waals surface area contributed by atoms with Gasteiger partial charge in [0.15, 0.2) is 0 Å². The van der Waals surface area contributed by atoms with Crippen molar-refractivity contribution < 1.29 is 0 Å². The number of nitrogens with zero attached hydrogens (tertiary/aromatic N) is 2. The molecule has 0 radical (unpaired) electrons. The summed E-state index contributed by atoms with van der Waals surface area (Å²) in [4.78, 5) is 4.90. The Kier molecular flexibility index (Phi) is 9.53. The second kappa shape index (κ2) is 16.2. The third kappa shape index (κ3) is 6.46. The molecule has 1 atom stereocenters. The van der Waals surface area contributed by atoms with Gasteiger partial charge in [0.2, 0.25) is 0 Å². The lowest BCUT2D eigenvalue weighted by Gasteiger charge is -2.33. The van der Waals surface area contributed by atoms with Crippen LogP contribution in [0.2, 0.25) is 0 Å². The van der Waals surface area contributed by atoms with Gasteiger partial charge in [-0.25, -0.2) is 0 Å². The highest BCUT2D eigenvalue weighted by Gasteiger charge is 2.52. The summed E-state index contributed by atoms with van der Waals surface area (Å²) in [5, 5.41) is 2.43. The van der Waals surface area contributed by atoms with Crippen LogP contribution in [0.15, 0.2) is 237 Å². The Hall–Kier alpha value is -7.94. The van der Waals surface area contributed by atoms with E-state index in [1.54, 1.807) is 0 Å². The van der Waals surface area contributed by atoms with Gasteiger partial charge in [-0.05, 0) is 170 Å². The average molecular weight is 859 g/mol. The Morgan fingerprint density at radius 3 is 1.34 bits per heavy atom.